The summed E-state index contributed by atoms with van der Waals surface area (Å²) >= 11 is 5.56. The van der Waals surface area contributed by atoms with E-state index in [-0.39, 0.29) is 0 Å². The Kier molecular flexibility index (Phi) is 3.92. The quantitative estimate of drug-likeness (QED) is 0.729. The molecule has 1 aromatic rings. The van der Waals surface area contributed by atoms with Crippen molar-refractivity contribution in [2.45, 2.75) is 13.3 Å². The molecule has 0 aliphatic rings. The normalized spacial score (nSPS) is 10.3. The third-order valence-electron chi connectivity index (χ3n) is 1.41. The Labute approximate surface area is 82.0 Å². The average molecular weight is 202 g/mol. The average Bonchev–Trinajstić information content (AvgIpc) is 2.45. The second kappa shape index (κ2) is 4.99. The van der Waals surface area contributed by atoms with Crippen molar-refractivity contribution < 1.29 is 4.52 Å². The molecule has 0 fully saturated rings. The molecule has 0 radical (unpaired) electrons. The van der Waals surface area contributed by atoms with Crippen LogP contribution in [-0.4, -0.2) is 23.2 Å². The Balaban J connectivity index is 2.16. The summed E-state index contributed by atoms with van der Waals surface area (Å²) in [4.78, 5) is 4.05. The lowest BCUT2D eigenvalue weighted by Gasteiger charge is -1.99. The second-order valence-corrected chi connectivity index (χ2v) is 3.21. The summed E-state index contributed by atoms with van der Waals surface area (Å²) in [7, 11) is 0. The Morgan fingerprint density at radius 2 is 2.46 bits per heavy atom. The van der Waals surface area contributed by atoms with E-state index in [1.807, 2.05) is 0 Å². The number of nitrogens with zero attached hydrogens (tertiary/aromatic N) is 2. The minimum absolute atomic E-state index is 0.594. The number of halogens is 1. The molecule has 13 heavy (non-hydrogen) atoms. The van der Waals surface area contributed by atoms with Crippen LogP contribution in [0.4, 0.5) is 0 Å². The third kappa shape index (κ3) is 4.05. The smallest absolute Gasteiger partial charge is 0.223 e. The summed E-state index contributed by atoms with van der Waals surface area (Å²) in [5.41, 5.74) is 0. The predicted octanol–water partition coefficient (Wildman–Crippen LogP) is 1.26. The largest absolute Gasteiger partial charge is 0.340 e. The van der Waals surface area contributed by atoms with Crippen molar-refractivity contribution in [2.24, 2.45) is 0 Å². The molecule has 1 aromatic heterocycles. The zero-order valence-electron chi connectivity index (χ0n) is 7.51. The molecule has 0 spiro atoms. The zero-order valence-corrected chi connectivity index (χ0v) is 8.26. The molecule has 0 bridgehead atoms. The molecule has 0 unspecified atom stereocenters. The van der Waals surface area contributed by atoms with Gasteiger partial charge in [-0.3, -0.25) is 0 Å². The molecule has 0 aliphatic carbocycles. The summed E-state index contributed by atoms with van der Waals surface area (Å²) < 4.78 is 4.81. The van der Waals surface area contributed by atoms with Gasteiger partial charge < -0.3 is 9.84 Å². The molecular weight excluding hydrogens is 190 g/mol. The molecule has 72 valence electrons. The fourth-order valence-corrected chi connectivity index (χ4v) is 0.962. The van der Waals surface area contributed by atoms with E-state index >= 15 is 0 Å². The number of rotatable bonds is 5. The van der Waals surface area contributed by atoms with E-state index in [0.29, 0.717) is 23.3 Å². The van der Waals surface area contributed by atoms with Crippen molar-refractivity contribution >= 4 is 11.6 Å². The molecule has 0 aliphatic heterocycles. The van der Waals surface area contributed by atoms with Crippen LogP contribution in [0.25, 0.3) is 0 Å². The van der Waals surface area contributed by atoms with Gasteiger partial charge >= 0.3 is 0 Å². The van der Waals surface area contributed by atoms with E-state index in [4.69, 9.17) is 16.1 Å². The number of nitrogens with one attached hydrogen (secondary N) is 1. The number of aryl methyl sites for hydroxylation is 1. The maximum absolute atomic E-state index is 5.56. The highest BCUT2D eigenvalue weighted by molar-refractivity contribution is 6.29. The molecule has 0 saturated heterocycles. The van der Waals surface area contributed by atoms with Crippen LogP contribution < -0.4 is 5.32 Å². The SMILES string of the molecule is C=C(Cl)CNCCc1noc(C)n1. The first-order valence-corrected chi connectivity index (χ1v) is 4.39. The topological polar surface area (TPSA) is 51.0 Å². The Morgan fingerprint density at radius 3 is 3.00 bits per heavy atom. The molecule has 1 heterocycles. The van der Waals surface area contributed by atoms with Gasteiger partial charge in [0.05, 0.1) is 0 Å². The Hall–Kier alpha value is -0.870. The molecular formula is C8H12ClN3O. The summed E-state index contributed by atoms with van der Waals surface area (Å²) in [6.07, 6.45) is 0.738. The first kappa shape index (κ1) is 10.2. The monoisotopic (exact) mass is 201 g/mol. The van der Waals surface area contributed by atoms with Crippen molar-refractivity contribution in [3.05, 3.63) is 23.3 Å². The molecule has 0 aromatic carbocycles. The van der Waals surface area contributed by atoms with Gasteiger partial charge in [-0.25, -0.2) is 0 Å². The van der Waals surface area contributed by atoms with Crippen molar-refractivity contribution in [3.8, 4) is 0 Å². The fraction of sp³-hybridized carbons (Fsp3) is 0.500. The molecule has 4 nitrogen and oxygen atoms in total. The lowest BCUT2D eigenvalue weighted by molar-refractivity contribution is 0.387. The summed E-state index contributed by atoms with van der Waals surface area (Å²) in [5.74, 6) is 1.31. The van der Waals surface area contributed by atoms with E-state index in [1.165, 1.54) is 0 Å². The van der Waals surface area contributed by atoms with Gasteiger partial charge in [0, 0.05) is 31.5 Å². The standard InChI is InChI=1S/C8H12ClN3O/c1-6(9)5-10-4-3-8-11-7(2)13-12-8/h10H,1,3-5H2,2H3. The molecule has 0 saturated carbocycles. The van der Waals surface area contributed by atoms with Crippen LogP contribution in [0.3, 0.4) is 0 Å². The van der Waals surface area contributed by atoms with Crippen molar-refractivity contribution in [1.82, 2.24) is 15.5 Å². The maximum Gasteiger partial charge on any atom is 0.223 e. The van der Waals surface area contributed by atoms with Crippen LogP contribution in [0.1, 0.15) is 11.7 Å². The predicted molar refractivity (Wildman–Crippen MR) is 50.6 cm³/mol. The first-order valence-electron chi connectivity index (χ1n) is 4.01. The summed E-state index contributed by atoms with van der Waals surface area (Å²) in [6.45, 7) is 6.70. The second-order valence-electron chi connectivity index (χ2n) is 2.67. The van der Waals surface area contributed by atoms with Crippen LogP contribution in [0.5, 0.6) is 0 Å². The fourth-order valence-electron chi connectivity index (χ4n) is 0.867. The van der Waals surface area contributed by atoms with Crippen molar-refractivity contribution in [1.29, 1.82) is 0 Å². The van der Waals surface area contributed by atoms with Gasteiger partial charge in [0.1, 0.15) is 0 Å². The number of aromatic nitrogens is 2. The highest BCUT2D eigenvalue weighted by atomic mass is 35.5. The third-order valence-corrected chi connectivity index (χ3v) is 1.55. The minimum atomic E-state index is 0.594. The zero-order chi connectivity index (χ0) is 9.68. The first-order chi connectivity index (χ1) is 6.18. The summed E-state index contributed by atoms with van der Waals surface area (Å²) in [6, 6.07) is 0. The van der Waals surface area contributed by atoms with Crippen LogP contribution in [-0.2, 0) is 6.42 Å². The van der Waals surface area contributed by atoms with Gasteiger partial charge in [-0.05, 0) is 0 Å². The molecule has 5 heteroatoms. The Morgan fingerprint density at radius 1 is 1.69 bits per heavy atom. The molecule has 0 amide bonds. The van der Waals surface area contributed by atoms with E-state index in [2.05, 4.69) is 22.0 Å². The van der Waals surface area contributed by atoms with Gasteiger partial charge in [0.25, 0.3) is 0 Å². The van der Waals surface area contributed by atoms with Gasteiger partial charge in [0.2, 0.25) is 5.89 Å². The van der Waals surface area contributed by atoms with Crippen LogP contribution in [0, 0.1) is 6.92 Å². The van der Waals surface area contributed by atoms with Gasteiger partial charge in [0.15, 0.2) is 5.82 Å². The minimum Gasteiger partial charge on any atom is -0.340 e. The van der Waals surface area contributed by atoms with Gasteiger partial charge in [-0.15, -0.1) is 0 Å². The highest BCUT2D eigenvalue weighted by Gasteiger charge is 2.00. The number of hydrogen-bond donors (Lipinski definition) is 1. The van der Waals surface area contributed by atoms with Crippen molar-refractivity contribution in [2.75, 3.05) is 13.1 Å². The van der Waals surface area contributed by atoms with Crippen LogP contribution >= 0.6 is 11.6 Å². The summed E-state index contributed by atoms with van der Waals surface area (Å²) in [5, 5.41) is 7.44. The maximum atomic E-state index is 5.56. The van der Waals surface area contributed by atoms with E-state index < -0.39 is 0 Å². The van der Waals surface area contributed by atoms with Gasteiger partial charge in [-0.2, -0.15) is 4.98 Å². The van der Waals surface area contributed by atoms with E-state index in [9.17, 15) is 0 Å². The van der Waals surface area contributed by atoms with Crippen LogP contribution in [0.2, 0.25) is 0 Å². The lowest BCUT2D eigenvalue weighted by atomic mass is 10.4. The highest BCUT2D eigenvalue weighted by Crippen LogP contribution is 1.96. The lowest BCUT2D eigenvalue weighted by Crippen LogP contribution is -2.18. The molecule has 1 rings (SSSR count). The van der Waals surface area contributed by atoms with Crippen molar-refractivity contribution in [3.63, 3.8) is 0 Å². The Bertz CT molecular complexity index is 285. The van der Waals surface area contributed by atoms with E-state index in [0.717, 1.165) is 13.0 Å². The molecule has 0 atom stereocenters. The number of hydrogen-bond acceptors (Lipinski definition) is 4. The van der Waals surface area contributed by atoms with E-state index in [1.54, 1.807) is 6.92 Å². The van der Waals surface area contributed by atoms with Gasteiger partial charge in [-0.1, -0.05) is 23.3 Å². The molecule has 1 N–H and O–H groups in total. The van der Waals surface area contributed by atoms with Crippen LogP contribution in [0.15, 0.2) is 16.1 Å².